The summed E-state index contributed by atoms with van der Waals surface area (Å²) in [4.78, 5) is 12.5. The summed E-state index contributed by atoms with van der Waals surface area (Å²) in [5, 5.41) is 2.89. The van der Waals surface area contributed by atoms with E-state index in [4.69, 9.17) is 0 Å². The highest BCUT2D eigenvalue weighted by Crippen LogP contribution is 2.44. The molecule has 7 heteroatoms. The smallest absolute Gasteiger partial charge is 0.281 e. The Labute approximate surface area is 124 Å². The number of fused-ring (bicyclic) bond motifs is 2. The monoisotopic (exact) mass is 309 g/mol. The number of rotatable bonds is 2. The third-order valence-electron chi connectivity index (χ3n) is 4.37. The van der Waals surface area contributed by atoms with Gasteiger partial charge in [0.05, 0.1) is 5.41 Å². The molecule has 0 aromatic heterocycles. The van der Waals surface area contributed by atoms with Gasteiger partial charge < -0.3 is 5.32 Å². The van der Waals surface area contributed by atoms with Crippen LogP contribution in [0.15, 0.2) is 24.3 Å². The van der Waals surface area contributed by atoms with Gasteiger partial charge in [-0.1, -0.05) is 18.2 Å². The van der Waals surface area contributed by atoms with E-state index in [-0.39, 0.29) is 12.5 Å². The minimum absolute atomic E-state index is 0.0950. The summed E-state index contributed by atoms with van der Waals surface area (Å²) in [6.45, 7) is 0.661. The molecule has 1 unspecified atom stereocenters. The van der Waals surface area contributed by atoms with Gasteiger partial charge in [-0.2, -0.15) is 17.0 Å². The van der Waals surface area contributed by atoms with Gasteiger partial charge in [0.25, 0.3) is 10.2 Å². The Morgan fingerprint density at radius 3 is 2.71 bits per heavy atom. The van der Waals surface area contributed by atoms with Crippen molar-refractivity contribution in [2.45, 2.75) is 18.3 Å². The van der Waals surface area contributed by atoms with E-state index in [1.807, 2.05) is 24.3 Å². The molecule has 1 aromatic carbocycles. The van der Waals surface area contributed by atoms with E-state index < -0.39 is 15.6 Å². The van der Waals surface area contributed by atoms with Gasteiger partial charge in [0.1, 0.15) is 0 Å². The number of nitrogens with zero attached hydrogens (tertiary/aromatic N) is 2. The number of para-hydroxylation sites is 1. The Kier molecular flexibility index (Phi) is 3.31. The van der Waals surface area contributed by atoms with Crippen molar-refractivity contribution < 1.29 is 13.2 Å². The average Bonchev–Trinajstić information content (AvgIpc) is 2.72. The number of hydrogen-bond acceptors (Lipinski definition) is 3. The summed E-state index contributed by atoms with van der Waals surface area (Å²) in [6, 6.07) is 7.54. The lowest BCUT2D eigenvalue weighted by atomic mass is 9.76. The average molecular weight is 309 g/mol. The van der Waals surface area contributed by atoms with Crippen molar-refractivity contribution in [1.82, 2.24) is 8.61 Å². The van der Waals surface area contributed by atoms with E-state index >= 15 is 0 Å². The Hall–Kier alpha value is -1.44. The second kappa shape index (κ2) is 4.79. The van der Waals surface area contributed by atoms with Crippen molar-refractivity contribution in [2.24, 2.45) is 0 Å². The highest BCUT2D eigenvalue weighted by Gasteiger charge is 2.51. The SMILES string of the molecule is CN(C)S(=O)(=O)N1CCCC2(C1)C(=O)Nc1ccccc12. The molecule has 6 nitrogen and oxygen atoms in total. The quantitative estimate of drug-likeness (QED) is 0.877. The number of piperidine rings is 1. The normalized spacial score (nSPS) is 26.1. The highest BCUT2D eigenvalue weighted by molar-refractivity contribution is 7.86. The fourth-order valence-electron chi connectivity index (χ4n) is 3.22. The van der Waals surface area contributed by atoms with Crippen LogP contribution in [-0.2, 0) is 20.4 Å². The van der Waals surface area contributed by atoms with Crippen LogP contribution in [0.4, 0.5) is 5.69 Å². The summed E-state index contributed by atoms with van der Waals surface area (Å²) < 4.78 is 27.3. The lowest BCUT2D eigenvalue weighted by Crippen LogP contribution is -2.54. The molecule has 1 fully saturated rings. The van der Waals surface area contributed by atoms with Crippen LogP contribution in [0.5, 0.6) is 0 Å². The van der Waals surface area contributed by atoms with Crippen LogP contribution in [0.2, 0.25) is 0 Å². The van der Waals surface area contributed by atoms with Crippen molar-refractivity contribution in [3.05, 3.63) is 29.8 Å². The largest absolute Gasteiger partial charge is 0.325 e. The van der Waals surface area contributed by atoms with Gasteiger partial charge in [-0.3, -0.25) is 4.79 Å². The minimum Gasteiger partial charge on any atom is -0.325 e. The van der Waals surface area contributed by atoms with Gasteiger partial charge >= 0.3 is 0 Å². The first-order valence-corrected chi connectivity index (χ1v) is 8.36. The van der Waals surface area contributed by atoms with Gasteiger partial charge in [-0.25, -0.2) is 0 Å². The van der Waals surface area contributed by atoms with Crippen LogP contribution in [0, 0.1) is 0 Å². The van der Waals surface area contributed by atoms with Crippen molar-refractivity contribution in [3.8, 4) is 0 Å². The molecule has 1 aromatic rings. The first-order chi connectivity index (χ1) is 9.88. The number of nitrogens with one attached hydrogen (secondary N) is 1. The molecule has 1 amide bonds. The number of amides is 1. The standard InChI is InChI=1S/C14H19N3O3S/c1-16(2)21(19,20)17-9-5-8-14(10-17)11-6-3-4-7-12(11)15-13(14)18/h3-4,6-7H,5,8-10H2,1-2H3,(H,15,18). The molecule has 2 aliphatic rings. The molecule has 1 spiro atoms. The zero-order valence-corrected chi connectivity index (χ0v) is 13.0. The Morgan fingerprint density at radius 1 is 1.29 bits per heavy atom. The third kappa shape index (κ3) is 2.07. The maximum absolute atomic E-state index is 12.5. The fourth-order valence-corrected chi connectivity index (χ4v) is 4.43. The van der Waals surface area contributed by atoms with Crippen LogP contribution < -0.4 is 5.32 Å². The fraction of sp³-hybridized carbons (Fsp3) is 0.500. The number of benzene rings is 1. The Balaban J connectivity index is 2.02. The van der Waals surface area contributed by atoms with Crippen LogP contribution in [0.3, 0.4) is 0 Å². The first-order valence-electron chi connectivity index (χ1n) is 6.96. The maximum atomic E-state index is 12.5. The number of anilines is 1. The Bertz CT molecular complexity index is 686. The lowest BCUT2D eigenvalue weighted by molar-refractivity contribution is -0.122. The predicted molar refractivity (Wildman–Crippen MR) is 80.2 cm³/mol. The molecule has 2 aliphatic heterocycles. The molecule has 3 rings (SSSR count). The molecular weight excluding hydrogens is 290 g/mol. The number of hydrogen-bond donors (Lipinski definition) is 1. The first kappa shape index (κ1) is 14.5. The van der Waals surface area contributed by atoms with Crippen molar-refractivity contribution >= 4 is 21.8 Å². The molecule has 0 bridgehead atoms. The number of carbonyl (C=O) groups is 1. The van der Waals surface area contributed by atoms with E-state index in [0.29, 0.717) is 19.4 Å². The summed E-state index contributed by atoms with van der Waals surface area (Å²) in [5.74, 6) is -0.0950. The topological polar surface area (TPSA) is 69.7 Å². The van der Waals surface area contributed by atoms with Gasteiger partial charge in [0.2, 0.25) is 5.91 Å². The van der Waals surface area contributed by atoms with Gasteiger partial charge in [0.15, 0.2) is 0 Å². The molecule has 2 heterocycles. The van der Waals surface area contributed by atoms with Crippen LogP contribution in [0.25, 0.3) is 0 Å². The zero-order valence-electron chi connectivity index (χ0n) is 12.2. The second-order valence-corrected chi connectivity index (χ2v) is 7.95. The van der Waals surface area contributed by atoms with Gasteiger partial charge in [0, 0.05) is 32.9 Å². The maximum Gasteiger partial charge on any atom is 0.281 e. The van der Waals surface area contributed by atoms with E-state index in [1.165, 1.54) is 22.7 Å². The molecule has 1 saturated heterocycles. The van der Waals surface area contributed by atoms with Crippen molar-refractivity contribution in [1.29, 1.82) is 0 Å². The minimum atomic E-state index is -3.50. The molecule has 0 radical (unpaired) electrons. The van der Waals surface area contributed by atoms with Crippen LogP contribution >= 0.6 is 0 Å². The molecule has 1 N–H and O–H groups in total. The predicted octanol–water partition coefficient (Wildman–Crippen LogP) is 0.779. The summed E-state index contributed by atoms with van der Waals surface area (Å²) in [5.41, 5.74) is 0.957. The van der Waals surface area contributed by atoms with E-state index in [0.717, 1.165) is 11.3 Å². The molecule has 114 valence electrons. The molecule has 1 atom stereocenters. The van der Waals surface area contributed by atoms with Crippen LogP contribution in [-0.4, -0.2) is 50.1 Å². The summed E-state index contributed by atoms with van der Waals surface area (Å²) in [7, 11) is -0.476. The van der Waals surface area contributed by atoms with E-state index in [9.17, 15) is 13.2 Å². The second-order valence-electron chi connectivity index (χ2n) is 5.81. The molecule has 21 heavy (non-hydrogen) atoms. The summed E-state index contributed by atoms with van der Waals surface area (Å²) in [6.07, 6.45) is 1.35. The van der Waals surface area contributed by atoms with Crippen molar-refractivity contribution in [2.75, 3.05) is 32.5 Å². The zero-order chi connectivity index (χ0) is 15.3. The van der Waals surface area contributed by atoms with E-state index in [2.05, 4.69) is 5.32 Å². The molecular formula is C14H19N3O3S. The summed E-state index contributed by atoms with van der Waals surface area (Å²) >= 11 is 0. The molecule has 0 saturated carbocycles. The molecule has 0 aliphatic carbocycles. The van der Waals surface area contributed by atoms with Gasteiger partial charge in [-0.15, -0.1) is 0 Å². The third-order valence-corrected chi connectivity index (χ3v) is 6.26. The van der Waals surface area contributed by atoms with Crippen molar-refractivity contribution in [3.63, 3.8) is 0 Å². The van der Waals surface area contributed by atoms with Crippen LogP contribution in [0.1, 0.15) is 18.4 Å². The number of carbonyl (C=O) groups excluding carboxylic acids is 1. The van der Waals surface area contributed by atoms with Gasteiger partial charge in [-0.05, 0) is 24.5 Å². The lowest BCUT2D eigenvalue weighted by Gasteiger charge is -2.39. The Morgan fingerprint density at radius 2 is 2.00 bits per heavy atom. The van der Waals surface area contributed by atoms with E-state index in [1.54, 1.807) is 0 Å². The highest BCUT2D eigenvalue weighted by atomic mass is 32.2.